The van der Waals surface area contributed by atoms with Gasteiger partial charge in [-0.05, 0) is 37.0 Å². The first-order valence-electron chi connectivity index (χ1n) is 13.1. The van der Waals surface area contributed by atoms with Gasteiger partial charge in [0.05, 0.1) is 13.0 Å². The quantitative estimate of drug-likeness (QED) is 0.511. The molecule has 3 aliphatic rings. The van der Waals surface area contributed by atoms with Gasteiger partial charge in [0.15, 0.2) is 0 Å². The molecule has 4 amide bonds. The molecule has 39 heavy (non-hydrogen) atoms. The molecule has 0 aliphatic carbocycles. The standard InChI is InChI=1S/C28H30N4O7/c33-23-14-13-20(29-25(35)19-10-5-2-6-11-19)27(37)32-22(12-7-15-31(23)32)26(36)30-21-16-24(34)39-28(21)38-17-18-8-3-1-4-9-18/h1-6,8-11,20-22,28H,7,12-17H2,(H,29,35)(H,30,36)/t20-,21+,22+,28?/m1/s1. The molecular formula is C28H30N4O7. The van der Waals surface area contributed by atoms with Crippen molar-refractivity contribution in [2.24, 2.45) is 0 Å². The van der Waals surface area contributed by atoms with Gasteiger partial charge >= 0.3 is 5.97 Å². The Kier molecular flexibility index (Phi) is 7.87. The van der Waals surface area contributed by atoms with Crippen molar-refractivity contribution in [3.63, 3.8) is 0 Å². The van der Waals surface area contributed by atoms with Gasteiger partial charge in [0.25, 0.3) is 11.8 Å². The van der Waals surface area contributed by atoms with E-state index < -0.39 is 48.1 Å². The molecule has 11 nitrogen and oxygen atoms in total. The molecule has 1 unspecified atom stereocenters. The number of carbonyl (C=O) groups excluding carboxylic acids is 5. The van der Waals surface area contributed by atoms with E-state index in [2.05, 4.69) is 10.6 Å². The van der Waals surface area contributed by atoms with Gasteiger partial charge in [0, 0.05) is 18.5 Å². The van der Waals surface area contributed by atoms with E-state index in [0.717, 1.165) is 5.56 Å². The zero-order valence-corrected chi connectivity index (χ0v) is 21.3. The number of nitrogens with one attached hydrogen (secondary N) is 2. The molecule has 3 heterocycles. The van der Waals surface area contributed by atoms with Gasteiger partial charge in [-0.15, -0.1) is 0 Å². The first kappa shape index (κ1) is 26.4. The zero-order chi connectivity index (χ0) is 27.4. The molecule has 204 valence electrons. The smallest absolute Gasteiger partial charge is 0.310 e. The number of fused-ring (bicyclic) bond motifs is 1. The number of ether oxygens (including phenoxy) is 2. The second-order valence-corrected chi connectivity index (χ2v) is 9.76. The van der Waals surface area contributed by atoms with Crippen LogP contribution in [0.5, 0.6) is 0 Å². The number of rotatable bonds is 7. The minimum Gasteiger partial charge on any atom is -0.433 e. The first-order valence-corrected chi connectivity index (χ1v) is 13.1. The van der Waals surface area contributed by atoms with E-state index in [4.69, 9.17) is 9.47 Å². The number of esters is 1. The van der Waals surface area contributed by atoms with E-state index in [9.17, 15) is 24.0 Å². The van der Waals surface area contributed by atoms with E-state index in [-0.39, 0.29) is 31.8 Å². The fourth-order valence-electron chi connectivity index (χ4n) is 5.07. The summed E-state index contributed by atoms with van der Waals surface area (Å²) in [6.07, 6.45) is -0.0555. The monoisotopic (exact) mass is 534 g/mol. The molecule has 0 saturated carbocycles. The van der Waals surface area contributed by atoms with Crippen LogP contribution in [0.15, 0.2) is 60.7 Å². The number of benzene rings is 2. The molecule has 2 aromatic carbocycles. The summed E-state index contributed by atoms with van der Waals surface area (Å²) in [5.74, 6) is -2.28. The molecule has 3 fully saturated rings. The average Bonchev–Trinajstić information content (AvgIpc) is 3.26. The van der Waals surface area contributed by atoms with Crippen molar-refractivity contribution in [2.45, 2.75) is 63.1 Å². The van der Waals surface area contributed by atoms with E-state index in [0.29, 0.717) is 24.9 Å². The molecule has 3 aliphatic heterocycles. The van der Waals surface area contributed by atoms with Gasteiger partial charge in [-0.2, -0.15) is 0 Å². The van der Waals surface area contributed by atoms with E-state index in [1.807, 2.05) is 30.3 Å². The predicted molar refractivity (Wildman–Crippen MR) is 136 cm³/mol. The summed E-state index contributed by atoms with van der Waals surface area (Å²) in [7, 11) is 0. The molecule has 2 N–H and O–H groups in total. The lowest BCUT2D eigenvalue weighted by Gasteiger charge is -2.43. The van der Waals surface area contributed by atoms with E-state index in [1.165, 1.54) is 10.0 Å². The van der Waals surface area contributed by atoms with Crippen LogP contribution in [0.2, 0.25) is 0 Å². The summed E-state index contributed by atoms with van der Waals surface area (Å²) in [4.78, 5) is 64.9. The lowest BCUT2D eigenvalue weighted by Crippen LogP contribution is -2.64. The Labute approximate surface area is 225 Å². The van der Waals surface area contributed by atoms with Crippen molar-refractivity contribution in [1.82, 2.24) is 20.7 Å². The molecule has 5 rings (SSSR count). The molecule has 2 aromatic rings. The maximum atomic E-state index is 13.7. The van der Waals surface area contributed by atoms with E-state index >= 15 is 0 Å². The number of cyclic esters (lactones) is 1. The number of hydrogen-bond acceptors (Lipinski definition) is 7. The summed E-state index contributed by atoms with van der Waals surface area (Å²) >= 11 is 0. The third-order valence-electron chi connectivity index (χ3n) is 7.05. The van der Waals surface area contributed by atoms with Gasteiger partial charge in [-0.3, -0.25) is 29.0 Å². The van der Waals surface area contributed by atoms with E-state index in [1.54, 1.807) is 30.3 Å². The molecule has 3 saturated heterocycles. The highest BCUT2D eigenvalue weighted by molar-refractivity contribution is 5.99. The van der Waals surface area contributed by atoms with Crippen LogP contribution in [0.1, 0.15) is 48.0 Å². The highest BCUT2D eigenvalue weighted by Crippen LogP contribution is 2.26. The van der Waals surface area contributed by atoms with Crippen molar-refractivity contribution < 1.29 is 33.4 Å². The predicted octanol–water partition coefficient (Wildman–Crippen LogP) is 1.29. The fraction of sp³-hybridized carbons (Fsp3) is 0.393. The summed E-state index contributed by atoms with van der Waals surface area (Å²) in [5.41, 5.74) is 1.27. The Balaban J connectivity index is 1.29. The van der Waals surface area contributed by atoms with Crippen molar-refractivity contribution in [3.8, 4) is 0 Å². The number of hydrogen-bond donors (Lipinski definition) is 2. The number of amides is 4. The van der Waals surface area contributed by atoms with Gasteiger partial charge in [-0.25, -0.2) is 5.01 Å². The summed E-state index contributed by atoms with van der Waals surface area (Å²) < 4.78 is 11.1. The Bertz CT molecular complexity index is 1240. The van der Waals surface area contributed by atoms with Crippen LogP contribution in [-0.4, -0.2) is 70.6 Å². The van der Waals surface area contributed by atoms with Crippen LogP contribution in [0.4, 0.5) is 0 Å². The molecule has 11 heteroatoms. The Morgan fingerprint density at radius 1 is 0.949 bits per heavy atom. The Hall–Kier alpha value is -4.25. The van der Waals surface area contributed by atoms with Crippen molar-refractivity contribution in [2.75, 3.05) is 6.54 Å². The van der Waals surface area contributed by atoms with Crippen molar-refractivity contribution >= 4 is 29.6 Å². The highest BCUT2D eigenvalue weighted by Gasteiger charge is 2.46. The second kappa shape index (κ2) is 11.6. The minimum absolute atomic E-state index is 0.0523. The molecule has 4 atom stereocenters. The lowest BCUT2D eigenvalue weighted by molar-refractivity contribution is -0.177. The topological polar surface area (TPSA) is 134 Å². The molecule has 0 bridgehead atoms. The van der Waals surface area contributed by atoms with Crippen LogP contribution < -0.4 is 10.6 Å². The summed E-state index contributed by atoms with van der Waals surface area (Å²) in [6, 6.07) is 15.1. The Morgan fingerprint density at radius 3 is 2.41 bits per heavy atom. The zero-order valence-electron chi connectivity index (χ0n) is 21.3. The van der Waals surface area contributed by atoms with Crippen LogP contribution >= 0.6 is 0 Å². The second-order valence-electron chi connectivity index (χ2n) is 9.76. The molecule has 0 aromatic heterocycles. The SMILES string of the molecule is O=C1C[C@H](NC(=O)[C@@H]2CCCN3C(=O)CC[C@@H](NC(=O)c4ccccc4)C(=O)N23)C(OCc2ccccc2)O1. The van der Waals surface area contributed by atoms with Gasteiger partial charge < -0.3 is 20.1 Å². The van der Waals surface area contributed by atoms with Crippen molar-refractivity contribution in [1.29, 1.82) is 0 Å². The molecule has 0 spiro atoms. The largest absolute Gasteiger partial charge is 0.433 e. The van der Waals surface area contributed by atoms with Crippen LogP contribution in [-0.2, 0) is 35.3 Å². The Morgan fingerprint density at radius 2 is 1.67 bits per heavy atom. The first-order chi connectivity index (χ1) is 18.9. The van der Waals surface area contributed by atoms with Gasteiger partial charge in [-0.1, -0.05) is 48.5 Å². The van der Waals surface area contributed by atoms with Crippen LogP contribution in [0, 0.1) is 0 Å². The number of carbonyl (C=O) groups is 5. The highest BCUT2D eigenvalue weighted by atomic mass is 16.7. The lowest BCUT2D eigenvalue weighted by atomic mass is 10.0. The van der Waals surface area contributed by atoms with Gasteiger partial charge in [0.2, 0.25) is 18.1 Å². The summed E-state index contributed by atoms with van der Waals surface area (Å²) in [5, 5.41) is 8.03. The van der Waals surface area contributed by atoms with Crippen LogP contribution in [0.3, 0.4) is 0 Å². The number of nitrogens with zero attached hydrogens (tertiary/aromatic N) is 2. The molecule has 0 radical (unpaired) electrons. The third-order valence-corrected chi connectivity index (χ3v) is 7.05. The molecular weight excluding hydrogens is 504 g/mol. The minimum atomic E-state index is -0.991. The average molecular weight is 535 g/mol. The van der Waals surface area contributed by atoms with Crippen molar-refractivity contribution in [3.05, 3.63) is 71.8 Å². The normalized spacial score (nSPS) is 25.0. The maximum absolute atomic E-state index is 13.7. The number of hydrazine groups is 1. The summed E-state index contributed by atoms with van der Waals surface area (Å²) in [6.45, 7) is 0.478. The fourth-order valence-corrected chi connectivity index (χ4v) is 5.07. The van der Waals surface area contributed by atoms with Crippen LogP contribution in [0.25, 0.3) is 0 Å². The maximum Gasteiger partial charge on any atom is 0.310 e. The third kappa shape index (κ3) is 5.93. The van der Waals surface area contributed by atoms with Gasteiger partial charge in [0.1, 0.15) is 18.1 Å².